The van der Waals surface area contributed by atoms with Gasteiger partial charge in [0.1, 0.15) is 11.6 Å². The van der Waals surface area contributed by atoms with Crippen molar-refractivity contribution >= 4 is 17.6 Å². The molecule has 0 saturated heterocycles. The monoisotopic (exact) mass is 240 g/mol. The first-order valence-corrected chi connectivity index (χ1v) is 3.96. The van der Waals surface area contributed by atoms with Crippen molar-refractivity contribution in [1.82, 2.24) is 0 Å². The molecule has 0 radical (unpaired) electrons. The van der Waals surface area contributed by atoms with E-state index in [4.69, 9.17) is 16.7 Å². The van der Waals surface area contributed by atoms with Gasteiger partial charge in [-0.05, 0) is 12.1 Å². The third-order valence-electron chi connectivity index (χ3n) is 1.39. The topological polar surface area (TPSA) is 46.5 Å². The Morgan fingerprint density at radius 2 is 2.07 bits per heavy atom. The van der Waals surface area contributed by atoms with Gasteiger partial charge in [-0.2, -0.15) is 8.78 Å². The van der Waals surface area contributed by atoms with Gasteiger partial charge in [-0.1, -0.05) is 11.6 Å². The molecule has 7 heteroatoms. The van der Waals surface area contributed by atoms with Crippen LogP contribution in [0, 0.1) is 5.82 Å². The standard InChI is InChI=1S/C8H4ClF3O3/c9-5-2-1-4(3-6(5)10)15-8(11,12)7(13)14/h1-3H,(H,13,14). The number of carbonyl (C=O) groups is 1. The molecule has 0 bridgehead atoms. The van der Waals surface area contributed by atoms with E-state index in [0.29, 0.717) is 6.07 Å². The smallest absolute Gasteiger partial charge is 0.474 e. The molecule has 0 fully saturated rings. The highest BCUT2D eigenvalue weighted by Gasteiger charge is 2.42. The summed E-state index contributed by atoms with van der Waals surface area (Å²) < 4.78 is 41.5. The number of alkyl halides is 2. The molecule has 82 valence electrons. The van der Waals surface area contributed by atoms with Gasteiger partial charge in [0.05, 0.1) is 5.02 Å². The minimum Gasteiger partial charge on any atom is -0.474 e. The number of ether oxygens (including phenoxy) is 1. The van der Waals surface area contributed by atoms with E-state index in [0.717, 1.165) is 12.1 Å². The minimum absolute atomic E-state index is 0.277. The number of benzene rings is 1. The predicted octanol–water partition coefficient (Wildman–Crippen LogP) is 2.54. The molecule has 0 spiro atoms. The van der Waals surface area contributed by atoms with Gasteiger partial charge in [-0.3, -0.25) is 0 Å². The van der Waals surface area contributed by atoms with E-state index in [1.165, 1.54) is 0 Å². The highest BCUT2D eigenvalue weighted by Crippen LogP contribution is 2.25. The lowest BCUT2D eigenvalue weighted by molar-refractivity contribution is -0.210. The third-order valence-corrected chi connectivity index (χ3v) is 1.69. The average Bonchev–Trinajstić information content (AvgIpc) is 2.10. The second-order valence-electron chi connectivity index (χ2n) is 2.50. The highest BCUT2D eigenvalue weighted by molar-refractivity contribution is 6.30. The molecule has 15 heavy (non-hydrogen) atoms. The number of carboxylic acid groups (broad SMARTS) is 1. The van der Waals surface area contributed by atoms with Crippen LogP contribution in [-0.2, 0) is 4.79 Å². The summed E-state index contributed by atoms with van der Waals surface area (Å²) in [6.07, 6.45) is -4.40. The number of rotatable bonds is 3. The van der Waals surface area contributed by atoms with Gasteiger partial charge in [0.2, 0.25) is 0 Å². The molecule has 0 unspecified atom stereocenters. The van der Waals surface area contributed by atoms with Crippen molar-refractivity contribution < 1.29 is 27.8 Å². The zero-order valence-corrected chi connectivity index (χ0v) is 7.76. The lowest BCUT2D eigenvalue weighted by Crippen LogP contribution is -2.34. The maximum Gasteiger partial charge on any atom is 0.501 e. The van der Waals surface area contributed by atoms with Crippen LogP contribution in [0.2, 0.25) is 5.02 Å². The normalized spacial score (nSPS) is 11.2. The Bertz CT molecular complexity index is 395. The van der Waals surface area contributed by atoms with Crippen molar-refractivity contribution in [2.45, 2.75) is 6.11 Å². The van der Waals surface area contributed by atoms with Crippen LogP contribution in [0.5, 0.6) is 5.75 Å². The molecule has 0 aliphatic carbocycles. The molecule has 1 aromatic carbocycles. The van der Waals surface area contributed by atoms with Crippen LogP contribution in [0.25, 0.3) is 0 Å². The van der Waals surface area contributed by atoms with Gasteiger partial charge >= 0.3 is 12.1 Å². The first-order chi connectivity index (χ1) is 6.83. The number of aliphatic carboxylic acids is 1. The quantitative estimate of drug-likeness (QED) is 0.883. The summed E-state index contributed by atoms with van der Waals surface area (Å²) in [5.74, 6) is -4.06. The number of halogens is 4. The number of carboxylic acids is 1. The van der Waals surface area contributed by atoms with Gasteiger partial charge in [0.15, 0.2) is 0 Å². The van der Waals surface area contributed by atoms with E-state index in [1.807, 2.05) is 0 Å². The summed E-state index contributed by atoms with van der Waals surface area (Å²) in [4.78, 5) is 9.98. The van der Waals surface area contributed by atoms with Crippen molar-refractivity contribution in [1.29, 1.82) is 0 Å². The predicted molar refractivity (Wildman–Crippen MR) is 44.6 cm³/mol. The fraction of sp³-hybridized carbons (Fsp3) is 0.125. The zero-order valence-electron chi connectivity index (χ0n) is 7.01. The van der Waals surface area contributed by atoms with Gasteiger partial charge in [0.25, 0.3) is 0 Å². The third kappa shape index (κ3) is 2.76. The summed E-state index contributed by atoms with van der Waals surface area (Å²) in [6, 6.07) is 2.48. The van der Waals surface area contributed by atoms with Crippen LogP contribution < -0.4 is 4.74 Å². The van der Waals surface area contributed by atoms with Crippen molar-refractivity contribution in [2.75, 3.05) is 0 Å². The zero-order chi connectivity index (χ0) is 11.6. The second kappa shape index (κ2) is 3.98. The summed E-state index contributed by atoms with van der Waals surface area (Å²) in [7, 11) is 0. The molecular formula is C8H4ClF3O3. The molecule has 1 aromatic rings. The second-order valence-corrected chi connectivity index (χ2v) is 2.91. The van der Waals surface area contributed by atoms with E-state index >= 15 is 0 Å². The number of hydrogen-bond acceptors (Lipinski definition) is 2. The van der Waals surface area contributed by atoms with Crippen molar-refractivity contribution in [2.24, 2.45) is 0 Å². The SMILES string of the molecule is O=C(O)C(F)(F)Oc1ccc(Cl)c(F)c1. The van der Waals surface area contributed by atoms with Crippen LogP contribution in [0.1, 0.15) is 0 Å². The maximum atomic E-state index is 12.8. The Morgan fingerprint density at radius 3 is 2.53 bits per heavy atom. The highest BCUT2D eigenvalue weighted by atomic mass is 35.5. The lowest BCUT2D eigenvalue weighted by Gasteiger charge is -2.13. The molecule has 0 saturated carbocycles. The van der Waals surface area contributed by atoms with Crippen LogP contribution in [-0.4, -0.2) is 17.2 Å². The van der Waals surface area contributed by atoms with Crippen LogP contribution in [0.4, 0.5) is 13.2 Å². The van der Waals surface area contributed by atoms with E-state index < -0.39 is 23.6 Å². The van der Waals surface area contributed by atoms with Crippen molar-refractivity contribution in [3.8, 4) is 5.75 Å². The molecule has 0 aromatic heterocycles. The Kier molecular flexibility index (Phi) is 3.09. The van der Waals surface area contributed by atoms with Gasteiger partial charge in [-0.25, -0.2) is 9.18 Å². The van der Waals surface area contributed by atoms with Crippen LogP contribution in [0.3, 0.4) is 0 Å². The molecular weight excluding hydrogens is 237 g/mol. The average molecular weight is 241 g/mol. The minimum atomic E-state index is -4.40. The molecule has 0 atom stereocenters. The maximum absolute atomic E-state index is 12.8. The fourth-order valence-corrected chi connectivity index (χ4v) is 0.850. The molecule has 1 N–H and O–H groups in total. The Morgan fingerprint density at radius 1 is 1.47 bits per heavy atom. The summed E-state index contributed by atoms with van der Waals surface area (Å²) in [5.41, 5.74) is 0. The van der Waals surface area contributed by atoms with E-state index in [2.05, 4.69) is 4.74 Å². The van der Waals surface area contributed by atoms with Gasteiger partial charge in [0, 0.05) is 6.07 Å². The lowest BCUT2D eigenvalue weighted by atomic mass is 10.3. The Labute approximate surface area is 87.0 Å². The van der Waals surface area contributed by atoms with E-state index in [1.54, 1.807) is 0 Å². The summed E-state index contributed by atoms with van der Waals surface area (Å²) in [5, 5.41) is 7.75. The first-order valence-electron chi connectivity index (χ1n) is 3.58. The van der Waals surface area contributed by atoms with Gasteiger partial charge in [-0.15, -0.1) is 0 Å². The molecule has 1 rings (SSSR count). The van der Waals surface area contributed by atoms with Crippen molar-refractivity contribution in [3.63, 3.8) is 0 Å². The molecule has 0 aliphatic rings. The fourth-order valence-electron chi connectivity index (χ4n) is 0.732. The Hall–Kier alpha value is -1.43. The van der Waals surface area contributed by atoms with Gasteiger partial charge < -0.3 is 9.84 Å². The molecule has 3 nitrogen and oxygen atoms in total. The summed E-state index contributed by atoms with van der Waals surface area (Å²) >= 11 is 5.28. The number of hydrogen-bond donors (Lipinski definition) is 1. The van der Waals surface area contributed by atoms with Crippen molar-refractivity contribution in [3.05, 3.63) is 29.0 Å². The summed E-state index contributed by atoms with van der Waals surface area (Å²) in [6.45, 7) is 0. The Balaban J connectivity index is 2.91. The molecule has 0 amide bonds. The van der Waals surface area contributed by atoms with Crippen LogP contribution in [0.15, 0.2) is 18.2 Å². The first kappa shape index (κ1) is 11.6. The van der Waals surface area contributed by atoms with E-state index in [9.17, 15) is 18.0 Å². The van der Waals surface area contributed by atoms with Crippen LogP contribution >= 0.6 is 11.6 Å². The van der Waals surface area contributed by atoms with E-state index in [-0.39, 0.29) is 5.02 Å². The molecule has 0 aliphatic heterocycles. The largest absolute Gasteiger partial charge is 0.501 e. The molecule has 0 heterocycles.